The van der Waals surface area contributed by atoms with Crippen molar-refractivity contribution in [2.45, 2.75) is 6.92 Å². The zero-order chi connectivity index (χ0) is 12.7. The van der Waals surface area contributed by atoms with Crippen LogP contribution in [0.25, 0.3) is 21.8 Å². The van der Waals surface area contributed by atoms with Crippen LogP contribution in [0.15, 0.2) is 36.7 Å². The molecule has 0 aliphatic heterocycles. The van der Waals surface area contributed by atoms with E-state index in [1.54, 1.807) is 0 Å². The number of nitrogens with zero attached hydrogens (tertiary/aromatic N) is 3. The van der Waals surface area contributed by atoms with Gasteiger partial charge in [-0.05, 0) is 30.7 Å². The van der Waals surface area contributed by atoms with Gasteiger partial charge >= 0.3 is 0 Å². The Balaban J connectivity index is 2.49. The van der Waals surface area contributed by atoms with Crippen LogP contribution in [0.2, 0.25) is 0 Å². The van der Waals surface area contributed by atoms with E-state index in [1.807, 2.05) is 38.6 Å². The average Bonchev–Trinajstić information content (AvgIpc) is 2.38. The molecule has 0 bridgehead atoms. The van der Waals surface area contributed by atoms with Gasteiger partial charge in [-0.25, -0.2) is 0 Å². The van der Waals surface area contributed by atoms with Gasteiger partial charge in [0, 0.05) is 42.9 Å². The molecule has 3 heteroatoms. The first-order chi connectivity index (χ1) is 8.68. The summed E-state index contributed by atoms with van der Waals surface area (Å²) in [6.07, 6.45) is 3.70. The topological polar surface area (TPSA) is 29.0 Å². The van der Waals surface area contributed by atoms with Gasteiger partial charge in [0.1, 0.15) is 0 Å². The van der Waals surface area contributed by atoms with E-state index in [0.717, 1.165) is 16.4 Å². The molecule has 0 aliphatic carbocycles. The van der Waals surface area contributed by atoms with E-state index in [0.29, 0.717) is 0 Å². The van der Waals surface area contributed by atoms with Gasteiger partial charge in [0.05, 0.1) is 11.0 Å². The maximum absolute atomic E-state index is 4.50. The zero-order valence-corrected chi connectivity index (χ0v) is 10.8. The van der Waals surface area contributed by atoms with Crippen LogP contribution < -0.4 is 4.90 Å². The lowest BCUT2D eigenvalue weighted by atomic mass is 10.1. The molecule has 0 unspecified atom stereocenters. The number of fused-ring (bicyclic) bond motifs is 3. The van der Waals surface area contributed by atoms with Gasteiger partial charge < -0.3 is 4.90 Å². The van der Waals surface area contributed by atoms with Crippen LogP contribution in [0, 0.1) is 6.92 Å². The van der Waals surface area contributed by atoms with Gasteiger partial charge in [-0.1, -0.05) is 6.07 Å². The fourth-order valence-corrected chi connectivity index (χ4v) is 2.34. The van der Waals surface area contributed by atoms with Crippen LogP contribution in [-0.2, 0) is 0 Å². The molecular weight excluding hydrogens is 222 g/mol. The fourth-order valence-electron chi connectivity index (χ4n) is 2.34. The summed E-state index contributed by atoms with van der Waals surface area (Å²) in [6, 6.07) is 8.33. The minimum Gasteiger partial charge on any atom is -0.377 e. The Bertz CT molecular complexity index is 732. The van der Waals surface area contributed by atoms with Gasteiger partial charge in [0.2, 0.25) is 0 Å². The summed E-state index contributed by atoms with van der Waals surface area (Å²) in [5.41, 5.74) is 4.36. The van der Waals surface area contributed by atoms with Crippen LogP contribution in [0.4, 0.5) is 5.69 Å². The van der Waals surface area contributed by atoms with Crippen LogP contribution in [0.1, 0.15) is 5.56 Å². The monoisotopic (exact) mass is 237 g/mol. The van der Waals surface area contributed by atoms with Crippen molar-refractivity contribution in [1.82, 2.24) is 9.97 Å². The molecule has 0 radical (unpaired) electrons. The average molecular weight is 237 g/mol. The molecule has 2 aromatic heterocycles. The third kappa shape index (κ3) is 1.51. The highest BCUT2D eigenvalue weighted by atomic mass is 15.1. The molecule has 0 saturated carbocycles. The summed E-state index contributed by atoms with van der Waals surface area (Å²) in [5.74, 6) is 0. The second kappa shape index (κ2) is 3.95. The number of rotatable bonds is 1. The zero-order valence-electron chi connectivity index (χ0n) is 10.8. The third-order valence-corrected chi connectivity index (χ3v) is 3.30. The van der Waals surface area contributed by atoms with Crippen LogP contribution in [0.5, 0.6) is 0 Å². The summed E-state index contributed by atoms with van der Waals surface area (Å²) >= 11 is 0. The lowest BCUT2D eigenvalue weighted by Gasteiger charge is -2.15. The lowest BCUT2D eigenvalue weighted by molar-refractivity contribution is 1.14. The van der Waals surface area contributed by atoms with E-state index < -0.39 is 0 Å². The second-order valence-electron chi connectivity index (χ2n) is 4.71. The van der Waals surface area contributed by atoms with Crippen molar-refractivity contribution in [1.29, 1.82) is 0 Å². The standard InChI is InChI=1S/C15H15N3/c1-10-6-8-16-14-11(10)4-5-12-13(18(2)3)7-9-17-15(12)14/h4-9H,1-3H3. The fraction of sp³-hybridized carbons (Fsp3) is 0.200. The van der Waals surface area contributed by atoms with E-state index in [2.05, 4.69) is 33.9 Å². The highest BCUT2D eigenvalue weighted by Gasteiger charge is 2.08. The number of aryl methyl sites for hydroxylation is 1. The molecule has 3 nitrogen and oxygen atoms in total. The van der Waals surface area contributed by atoms with Crippen LogP contribution in [-0.4, -0.2) is 24.1 Å². The number of benzene rings is 1. The molecule has 3 rings (SSSR count). The SMILES string of the molecule is Cc1ccnc2c1ccc1c(N(C)C)ccnc12. The molecule has 90 valence electrons. The van der Waals surface area contributed by atoms with E-state index in [-0.39, 0.29) is 0 Å². The summed E-state index contributed by atoms with van der Waals surface area (Å²) in [5, 5.41) is 2.32. The van der Waals surface area contributed by atoms with E-state index in [1.165, 1.54) is 16.6 Å². The van der Waals surface area contributed by atoms with Crippen LogP contribution >= 0.6 is 0 Å². The van der Waals surface area contributed by atoms with Gasteiger partial charge in [0.25, 0.3) is 0 Å². The van der Waals surface area contributed by atoms with Crippen molar-refractivity contribution in [2.75, 3.05) is 19.0 Å². The molecule has 18 heavy (non-hydrogen) atoms. The number of anilines is 1. The summed E-state index contributed by atoms with van der Waals surface area (Å²) in [6.45, 7) is 2.10. The van der Waals surface area contributed by atoms with Crippen LogP contribution in [0.3, 0.4) is 0 Å². The Kier molecular flexibility index (Phi) is 2.40. The molecule has 0 spiro atoms. The maximum atomic E-state index is 4.50. The highest BCUT2D eigenvalue weighted by molar-refractivity contribution is 6.07. The molecule has 0 saturated heterocycles. The first kappa shape index (κ1) is 11.0. The van der Waals surface area contributed by atoms with Crippen molar-refractivity contribution < 1.29 is 0 Å². The predicted molar refractivity (Wildman–Crippen MR) is 76.1 cm³/mol. The Hall–Kier alpha value is -2.16. The van der Waals surface area contributed by atoms with Gasteiger partial charge in [0.15, 0.2) is 0 Å². The smallest absolute Gasteiger partial charge is 0.0985 e. The summed E-state index contributed by atoms with van der Waals surface area (Å²) in [7, 11) is 4.09. The molecule has 2 heterocycles. The third-order valence-electron chi connectivity index (χ3n) is 3.30. The minimum absolute atomic E-state index is 0.974. The number of pyridine rings is 2. The molecule has 0 atom stereocenters. The van der Waals surface area contributed by atoms with Crippen molar-refractivity contribution in [3.05, 3.63) is 42.2 Å². The van der Waals surface area contributed by atoms with Gasteiger partial charge in [-0.2, -0.15) is 0 Å². The van der Waals surface area contributed by atoms with Gasteiger partial charge in [-0.15, -0.1) is 0 Å². The number of aromatic nitrogens is 2. The predicted octanol–water partition coefficient (Wildman–Crippen LogP) is 3.16. The minimum atomic E-state index is 0.974. The molecule has 1 aromatic carbocycles. The molecule has 0 N–H and O–H groups in total. The normalized spacial score (nSPS) is 11.1. The van der Waals surface area contributed by atoms with Gasteiger partial charge in [-0.3, -0.25) is 9.97 Å². The van der Waals surface area contributed by atoms with Crippen molar-refractivity contribution in [3.63, 3.8) is 0 Å². The number of hydrogen-bond donors (Lipinski definition) is 0. The quantitative estimate of drug-likeness (QED) is 0.609. The van der Waals surface area contributed by atoms with E-state index in [4.69, 9.17) is 0 Å². The Morgan fingerprint density at radius 3 is 2.17 bits per heavy atom. The Morgan fingerprint density at radius 2 is 1.44 bits per heavy atom. The molecule has 3 aromatic rings. The molecule has 0 aliphatic rings. The first-order valence-corrected chi connectivity index (χ1v) is 5.99. The number of hydrogen-bond acceptors (Lipinski definition) is 3. The highest BCUT2D eigenvalue weighted by Crippen LogP contribution is 2.29. The molecular formula is C15H15N3. The van der Waals surface area contributed by atoms with Crippen molar-refractivity contribution >= 4 is 27.5 Å². The Labute approximate surface area is 106 Å². The Morgan fingerprint density at radius 1 is 0.833 bits per heavy atom. The largest absolute Gasteiger partial charge is 0.377 e. The van der Waals surface area contributed by atoms with Crippen molar-refractivity contribution in [2.24, 2.45) is 0 Å². The molecule has 0 fully saturated rings. The lowest BCUT2D eigenvalue weighted by Crippen LogP contribution is -2.09. The first-order valence-electron chi connectivity index (χ1n) is 5.99. The molecule has 0 amide bonds. The maximum Gasteiger partial charge on any atom is 0.0985 e. The van der Waals surface area contributed by atoms with Crippen molar-refractivity contribution in [3.8, 4) is 0 Å². The summed E-state index contributed by atoms with van der Waals surface area (Å²) in [4.78, 5) is 11.1. The van der Waals surface area contributed by atoms with E-state index in [9.17, 15) is 0 Å². The van der Waals surface area contributed by atoms with E-state index >= 15 is 0 Å². The summed E-state index contributed by atoms with van der Waals surface area (Å²) < 4.78 is 0. The second-order valence-corrected chi connectivity index (χ2v) is 4.71.